The van der Waals surface area contributed by atoms with E-state index in [0.29, 0.717) is 0 Å². The van der Waals surface area contributed by atoms with Gasteiger partial charge in [-0.2, -0.15) is 0 Å². The summed E-state index contributed by atoms with van der Waals surface area (Å²) in [6.45, 7) is 2.14. The first-order valence-corrected chi connectivity index (χ1v) is 5.54. The van der Waals surface area contributed by atoms with Crippen molar-refractivity contribution in [3.05, 3.63) is 59.5 Å². The van der Waals surface area contributed by atoms with Crippen LogP contribution in [0.25, 0.3) is 0 Å². The maximum absolute atomic E-state index is 3.17. The molecule has 1 rings (SSSR count). The highest BCUT2D eigenvalue weighted by atomic mass is 14.8. The highest BCUT2D eigenvalue weighted by Gasteiger charge is 1.92. The molecule has 0 spiro atoms. The minimum Gasteiger partial charge on any atom is -0.388 e. The lowest BCUT2D eigenvalue weighted by Gasteiger charge is -2.01. The molecule has 0 bridgehead atoms. The van der Waals surface area contributed by atoms with E-state index >= 15 is 0 Å². The Morgan fingerprint density at radius 2 is 1.62 bits per heavy atom. The molecule has 0 radical (unpaired) electrons. The lowest BCUT2D eigenvalue weighted by atomic mass is 10.1. The molecule has 0 aromatic rings. The summed E-state index contributed by atoms with van der Waals surface area (Å²) in [7, 11) is 3.87. The lowest BCUT2D eigenvalue weighted by molar-refractivity contribution is 1.02. The van der Waals surface area contributed by atoms with E-state index in [-0.39, 0.29) is 0 Å². The maximum Gasteiger partial charge on any atom is 0.0337 e. The Hall–Kier alpha value is -1.70. The Morgan fingerprint density at radius 3 is 2.25 bits per heavy atom. The largest absolute Gasteiger partial charge is 0.388 e. The van der Waals surface area contributed by atoms with Gasteiger partial charge in [-0.15, -0.1) is 0 Å². The molecule has 1 aliphatic rings. The Bertz CT molecular complexity index is 368. The zero-order valence-electron chi connectivity index (χ0n) is 10.2. The van der Waals surface area contributed by atoms with E-state index < -0.39 is 0 Å². The van der Waals surface area contributed by atoms with Crippen LogP contribution in [0.2, 0.25) is 0 Å². The smallest absolute Gasteiger partial charge is 0.0337 e. The molecule has 2 N–H and O–H groups in total. The number of rotatable bonds is 2. The van der Waals surface area contributed by atoms with Crippen LogP contribution in [0.1, 0.15) is 13.3 Å². The Kier molecular flexibility index (Phi) is 5.20. The summed E-state index contributed by atoms with van der Waals surface area (Å²) in [5, 5.41) is 6.32. The van der Waals surface area contributed by atoms with Gasteiger partial charge in [0.15, 0.2) is 0 Å². The molecular weight excluding hydrogens is 196 g/mol. The van der Waals surface area contributed by atoms with E-state index in [0.717, 1.165) is 17.8 Å². The standard InChI is InChI=1S/C14H20N2/c1-12-7-6-10-13(15-2)8-4-5-9-14(11-12)16-3/h4-6,8-11,15-16H,7H2,1-3H3/b5-4+,10-6?,12-11+,13-8?,14-9+. The summed E-state index contributed by atoms with van der Waals surface area (Å²) in [5.74, 6) is 0. The van der Waals surface area contributed by atoms with Crippen LogP contribution in [-0.2, 0) is 0 Å². The van der Waals surface area contributed by atoms with Crippen molar-refractivity contribution in [2.75, 3.05) is 14.1 Å². The van der Waals surface area contributed by atoms with Crippen molar-refractivity contribution in [2.45, 2.75) is 13.3 Å². The van der Waals surface area contributed by atoms with E-state index in [1.54, 1.807) is 0 Å². The second-order valence-electron chi connectivity index (χ2n) is 3.73. The zero-order valence-corrected chi connectivity index (χ0v) is 10.2. The molecule has 0 saturated heterocycles. The maximum atomic E-state index is 3.17. The summed E-state index contributed by atoms with van der Waals surface area (Å²) < 4.78 is 0. The van der Waals surface area contributed by atoms with Crippen LogP contribution >= 0.6 is 0 Å². The summed E-state index contributed by atoms with van der Waals surface area (Å²) in [6, 6.07) is 0. The fourth-order valence-electron chi connectivity index (χ4n) is 1.44. The fraction of sp³-hybridized carbons (Fsp3) is 0.286. The molecule has 0 aliphatic heterocycles. The number of hydrogen-bond acceptors (Lipinski definition) is 2. The molecule has 0 heterocycles. The second-order valence-corrected chi connectivity index (χ2v) is 3.73. The van der Waals surface area contributed by atoms with Crippen LogP contribution in [0.3, 0.4) is 0 Å². The SMILES string of the molecule is CNC1=C/C=C/C=C(NC)\C=C(/C)CC=C1. The second kappa shape index (κ2) is 6.72. The molecular formula is C14H20N2. The first-order chi connectivity index (χ1) is 7.76. The zero-order chi connectivity index (χ0) is 11.8. The summed E-state index contributed by atoms with van der Waals surface area (Å²) in [4.78, 5) is 0. The minimum atomic E-state index is 0.970. The van der Waals surface area contributed by atoms with Gasteiger partial charge in [0.05, 0.1) is 0 Å². The van der Waals surface area contributed by atoms with Gasteiger partial charge >= 0.3 is 0 Å². The third-order valence-corrected chi connectivity index (χ3v) is 2.38. The average Bonchev–Trinajstić information content (AvgIpc) is 2.33. The van der Waals surface area contributed by atoms with Gasteiger partial charge in [-0.1, -0.05) is 23.8 Å². The van der Waals surface area contributed by atoms with E-state index in [2.05, 4.69) is 47.9 Å². The number of hydrogen-bond donors (Lipinski definition) is 2. The topological polar surface area (TPSA) is 24.1 Å². The first-order valence-electron chi connectivity index (χ1n) is 5.54. The highest BCUT2D eigenvalue weighted by molar-refractivity contribution is 5.31. The number of allylic oxidation sites excluding steroid dienone is 8. The van der Waals surface area contributed by atoms with Gasteiger partial charge in [-0.3, -0.25) is 0 Å². The third-order valence-electron chi connectivity index (χ3n) is 2.38. The van der Waals surface area contributed by atoms with E-state index in [1.807, 2.05) is 26.2 Å². The molecule has 16 heavy (non-hydrogen) atoms. The fourth-order valence-corrected chi connectivity index (χ4v) is 1.44. The van der Waals surface area contributed by atoms with E-state index in [1.165, 1.54) is 5.57 Å². The normalized spacial score (nSPS) is 25.3. The molecule has 0 unspecified atom stereocenters. The number of likely N-dealkylation sites (N-methyl/N-ethyl adjacent to an activating group) is 2. The predicted octanol–water partition coefficient (Wildman–Crippen LogP) is 2.66. The third kappa shape index (κ3) is 4.22. The van der Waals surface area contributed by atoms with Crippen LogP contribution in [0.4, 0.5) is 0 Å². The summed E-state index contributed by atoms with van der Waals surface area (Å²) in [6.07, 6.45) is 15.6. The summed E-state index contributed by atoms with van der Waals surface area (Å²) >= 11 is 0. The lowest BCUT2D eigenvalue weighted by Crippen LogP contribution is -2.03. The summed E-state index contributed by atoms with van der Waals surface area (Å²) in [5.41, 5.74) is 3.58. The molecule has 1 aliphatic carbocycles. The van der Waals surface area contributed by atoms with Crippen molar-refractivity contribution >= 4 is 0 Å². The van der Waals surface area contributed by atoms with Gasteiger partial charge in [0.25, 0.3) is 0 Å². The molecule has 0 atom stereocenters. The molecule has 0 aromatic heterocycles. The first kappa shape index (κ1) is 12.4. The van der Waals surface area contributed by atoms with Gasteiger partial charge in [-0.05, 0) is 37.6 Å². The van der Waals surface area contributed by atoms with Crippen LogP contribution in [0.15, 0.2) is 59.5 Å². The quantitative estimate of drug-likeness (QED) is 0.741. The Balaban J connectivity index is 2.97. The molecule has 0 aromatic carbocycles. The van der Waals surface area contributed by atoms with Crippen molar-refractivity contribution < 1.29 is 0 Å². The molecule has 0 saturated carbocycles. The molecule has 86 valence electrons. The predicted molar refractivity (Wildman–Crippen MR) is 70.9 cm³/mol. The molecule has 2 nitrogen and oxygen atoms in total. The van der Waals surface area contributed by atoms with Crippen molar-refractivity contribution in [2.24, 2.45) is 0 Å². The van der Waals surface area contributed by atoms with Crippen molar-refractivity contribution in [3.63, 3.8) is 0 Å². The number of nitrogens with one attached hydrogen (secondary N) is 2. The van der Waals surface area contributed by atoms with E-state index in [4.69, 9.17) is 0 Å². The van der Waals surface area contributed by atoms with Crippen LogP contribution in [0.5, 0.6) is 0 Å². The van der Waals surface area contributed by atoms with Crippen LogP contribution in [0, 0.1) is 0 Å². The van der Waals surface area contributed by atoms with Crippen LogP contribution in [-0.4, -0.2) is 14.1 Å². The van der Waals surface area contributed by atoms with E-state index in [9.17, 15) is 0 Å². The minimum absolute atomic E-state index is 0.970. The Morgan fingerprint density at radius 1 is 1.00 bits per heavy atom. The molecule has 0 amide bonds. The van der Waals surface area contributed by atoms with Gasteiger partial charge in [0.1, 0.15) is 0 Å². The van der Waals surface area contributed by atoms with Gasteiger partial charge in [0, 0.05) is 25.5 Å². The van der Waals surface area contributed by atoms with Crippen molar-refractivity contribution in [1.29, 1.82) is 0 Å². The van der Waals surface area contributed by atoms with Crippen LogP contribution < -0.4 is 10.6 Å². The van der Waals surface area contributed by atoms with Crippen molar-refractivity contribution in [1.82, 2.24) is 10.6 Å². The molecule has 2 heteroatoms. The monoisotopic (exact) mass is 216 g/mol. The average molecular weight is 216 g/mol. The molecule has 0 fully saturated rings. The highest BCUT2D eigenvalue weighted by Crippen LogP contribution is 2.07. The van der Waals surface area contributed by atoms with Gasteiger partial charge < -0.3 is 10.6 Å². The van der Waals surface area contributed by atoms with Gasteiger partial charge in [0.2, 0.25) is 0 Å². The van der Waals surface area contributed by atoms with Crippen molar-refractivity contribution in [3.8, 4) is 0 Å². The van der Waals surface area contributed by atoms with Gasteiger partial charge in [-0.25, -0.2) is 0 Å². The Labute approximate surface area is 98.1 Å².